The van der Waals surface area contributed by atoms with Crippen molar-refractivity contribution in [2.45, 2.75) is 32.0 Å². The molecule has 0 spiro atoms. The van der Waals surface area contributed by atoms with Crippen LogP contribution in [-0.4, -0.2) is 41.8 Å². The molecular weight excluding hydrogens is 399 g/mol. The highest BCUT2D eigenvalue weighted by molar-refractivity contribution is 6.36. The van der Waals surface area contributed by atoms with Crippen molar-refractivity contribution < 1.29 is 9.53 Å². The number of pyridine rings is 1. The molecular formula is C20H20Cl2N4O2. The van der Waals surface area contributed by atoms with Crippen LogP contribution in [0.4, 0.5) is 5.82 Å². The summed E-state index contributed by atoms with van der Waals surface area (Å²) in [4.78, 5) is 24.0. The van der Waals surface area contributed by atoms with Gasteiger partial charge in [-0.05, 0) is 31.7 Å². The molecule has 1 aromatic heterocycles. The SMILES string of the molecule is C=Nc1nc2c(c(-c3ccc(Cl)cc3Cl)c1CN)C(=O)N(C1CCOCC1)C2. The number of nitrogens with zero attached hydrogens (tertiary/aromatic N) is 3. The Balaban J connectivity index is 1.90. The quantitative estimate of drug-likeness (QED) is 0.761. The summed E-state index contributed by atoms with van der Waals surface area (Å²) in [6.07, 6.45) is 1.63. The van der Waals surface area contributed by atoms with E-state index >= 15 is 0 Å². The molecule has 1 aromatic carbocycles. The highest BCUT2D eigenvalue weighted by Crippen LogP contribution is 2.42. The van der Waals surface area contributed by atoms with Crippen molar-refractivity contribution in [1.82, 2.24) is 9.88 Å². The van der Waals surface area contributed by atoms with Gasteiger partial charge >= 0.3 is 0 Å². The van der Waals surface area contributed by atoms with Crippen LogP contribution in [0.15, 0.2) is 23.2 Å². The normalized spacial score (nSPS) is 17.1. The molecule has 146 valence electrons. The number of benzene rings is 1. The highest BCUT2D eigenvalue weighted by Gasteiger charge is 2.38. The molecule has 0 bridgehead atoms. The van der Waals surface area contributed by atoms with Gasteiger partial charge in [0, 0.05) is 52.5 Å². The van der Waals surface area contributed by atoms with Crippen LogP contribution in [0, 0.1) is 0 Å². The molecule has 2 aliphatic rings. The molecule has 0 radical (unpaired) electrons. The number of fused-ring (bicyclic) bond motifs is 1. The lowest BCUT2D eigenvalue weighted by Gasteiger charge is -2.30. The van der Waals surface area contributed by atoms with E-state index in [0.717, 1.165) is 12.8 Å². The topological polar surface area (TPSA) is 80.8 Å². The number of nitrogens with two attached hydrogens (primary N) is 1. The van der Waals surface area contributed by atoms with Crippen LogP contribution in [0.2, 0.25) is 10.0 Å². The van der Waals surface area contributed by atoms with Gasteiger partial charge < -0.3 is 15.4 Å². The Labute approximate surface area is 173 Å². The number of aromatic nitrogens is 1. The van der Waals surface area contributed by atoms with Crippen molar-refractivity contribution in [1.29, 1.82) is 0 Å². The lowest BCUT2D eigenvalue weighted by atomic mass is 9.94. The summed E-state index contributed by atoms with van der Waals surface area (Å²) < 4.78 is 5.44. The Bertz CT molecular complexity index is 958. The van der Waals surface area contributed by atoms with Gasteiger partial charge in [0.15, 0.2) is 5.82 Å². The highest BCUT2D eigenvalue weighted by atomic mass is 35.5. The van der Waals surface area contributed by atoms with E-state index in [0.29, 0.717) is 63.6 Å². The van der Waals surface area contributed by atoms with E-state index in [-0.39, 0.29) is 18.5 Å². The van der Waals surface area contributed by atoms with E-state index in [9.17, 15) is 4.79 Å². The van der Waals surface area contributed by atoms with E-state index in [1.807, 2.05) is 4.90 Å². The van der Waals surface area contributed by atoms with E-state index in [2.05, 4.69) is 16.7 Å². The van der Waals surface area contributed by atoms with Gasteiger partial charge in [-0.2, -0.15) is 0 Å². The maximum absolute atomic E-state index is 13.4. The van der Waals surface area contributed by atoms with Crippen LogP contribution in [0.5, 0.6) is 0 Å². The Morgan fingerprint density at radius 1 is 1.29 bits per heavy atom. The van der Waals surface area contributed by atoms with Gasteiger partial charge in [0.1, 0.15) is 0 Å². The van der Waals surface area contributed by atoms with Crippen LogP contribution in [0.25, 0.3) is 11.1 Å². The molecule has 2 N–H and O–H groups in total. The largest absolute Gasteiger partial charge is 0.381 e. The van der Waals surface area contributed by atoms with Crippen LogP contribution in [-0.2, 0) is 17.8 Å². The van der Waals surface area contributed by atoms with Gasteiger partial charge in [0.25, 0.3) is 5.91 Å². The monoisotopic (exact) mass is 418 g/mol. The predicted octanol–water partition coefficient (Wildman–Crippen LogP) is 3.98. The Kier molecular flexibility index (Phi) is 5.38. The van der Waals surface area contributed by atoms with E-state index in [1.54, 1.807) is 18.2 Å². The summed E-state index contributed by atoms with van der Waals surface area (Å²) in [5.74, 6) is 0.379. The summed E-state index contributed by atoms with van der Waals surface area (Å²) in [7, 11) is 0. The second-order valence-electron chi connectivity index (χ2n) is 6.87. The second kappa shape index (κ2) is 7.79. The molecule has 1 fully saturated rings. The van der Waals surface area contributed by atoms with Crippen molar-refractivity contribution in [3.63, 3.8) is 0 Å². The Morgan fingerprint density at radius 2 is 2.04 bits per heavy atom. The molecule has 4 rings (SSSR count). The average molecular weight is 419 g/mol. The summed E-state index contributed by atoms with van der Waals surface area (Å²) in [5, 5.41) is 0.967. The minimum absolute atomic E-state index is 0.0549. The summed E-state index contributed by atoms with van der Waals surface area (Å²) in [6, 6.07) is 5.33. The molecule has 2 aromatic rings. The van der Waals surface area contributed by atoms with Crippen molar-refractivity contribution >= 4 is 41.6 Å². The maximum Gasteiger partial charge on any atom is 0.257 e. The predicted molar refractivity (Wildman–Crippen MR) is 111 cm³/mol. The Hall–Kier alpha value is -1.99. The van der Waals surface area contributed by atoms with Crippen LogP contribution >= 0.6 is 23.2 Å². The van der Waals surface area contributed by atoms with E-state index in [1.165, 1.54) is 0 Å². The minimum Gasteiger partial charge on any atom is -0.381 e. The first-order valence-corrected chi connectivity index (χ1v) is 9.87. The molecule has 3 heterocycles. The molecule has 0 aliphatic carbocycles. The van der Waals surface area contributed by atoms with Gasteiger partial charge in [-0.15, -0.1) is 0 Å². The van der Waals surface area contributed by atoms with Crippen molar-refractivity contribution in [2.75, 3.05) is 13.2 Å². The molecule has 8 heteroatoms. The summed E-state index contributed by atoms with van der Waals surface area (Å²) >= 11 is 12.6. The molecule has 6 nitrogen and oxygen atoms in total. The number of ether oxygens (including phenoxy) is 1. The number of aliphatic imine (C=N–C) groups is 1. The number of hydrogen-bond donors (Lipinski definition) is 1. The summed E-state index contributed by atoms with van der Waals surface area (Å²) in [5.41, 5.74) is 9.27. The Morgan fingerprint density at radius 3 is 2.68 bits per heavy atom. The zero-order chi connectivity index (χ0) is 19.8. The molecule has 1 amide bonds. The van der Waals surface area contributed by atoms with Crippen molar-refractivity contribution in [2.24, 2.45) is 10.7 Å². The maximum atomic E-state index is 13.4. The number of carbonyl (C=O) groups excluding carboxylic acids is 1. The van der Waals surface area contributed by atoms with E-state index < -0.39 is 0 Å². The third kappa shape index (κ3) is 3.20. The van der Waals surface area contributed by atoms with Gasteiger partial charge in [-0.1, -0.05) is 29.3 Å². The van der Waals surface area contributed by atoms with Crippen LogP contribution < -0.4 is 5.73 Å². The van der Waals surface area contributed by atoms with Gasteiger partial charge in [0.05, 0.1) is 17.8 Å². The first-order chi connectivity index (χ1) is 13.5. The fraction of sp³-hybridized carbons (Fsp3) is 0.350. The smallest absolute Gasteiger partial charge is 0.257 e. The lowest BCUT2D eigenvalue weighted by molar-refractivity contribution is 0.0302. The second-order valence-corrected chi connectivity index (χ2v) is 7.72. The third-order valence-electron chi connectivity index (χ3n) is 5.33. The number of hydrogen-bond acceptors (Lipinski definition) is 5. The molecule has 2 aliphatic heterocycles. The summed E-state index contributed by atoms with van der Waals surface area (Å²) in [6.45, 7) is 5.53. The number of amides is 1. The number of carbonyl (C=O) groups is 1. The third-order valence-corrected chi connectivity index (χ3v) is 5.88. The first-order valence-electron chi connectivity index (χ1n) is 9.11. The number of rotatable bonds is 4. The molecule has 0 atom stereocenters. The molecule has 0 saturated carbocycles. The van der Waals surface area contributed by atoms with Gasteiger partial charge in [-0.25, -0.2) is 9.98 Å². The van der Waals surface area contributed by atoms with Gasteiger partial charge in [-0.3, -0.25) is 4.79 Å². The lowest BCUT2D eigenvalue weighted by Crippen LogP contribution is -2.39. The fourth-order valence-corrected chi connectivity index (χ4v) is 4.49. The fourth-order valence-electron chi connectivity index (χ4n) is 3.99. The van der Waals surface area contributed by atoms with E-state index in [4.69, 9.17) is 33.7 Å². The molecule has 1 saturated heterocycles. The zero-order valence-electron chi connectivity index (χ0n) is 15.3. The standard InChI is InChI=1S/C20H20Cl2N4O2/c1-24-19-14(9-23)17(13-3-2-11(21)8-15(13)22)18-16(25-19)10-26(20(18)27)12-4-6-28-7-5-12/h2-3,8,12H,1,4-7,9-10,23H2. The van der Waals surface area contributed by atoms with Crippen molar-refractivity contribution in [3.8, 4) is 11.1 Å². The average Bonchev–Trinajstić information content (AvgIpc) is 3.04. The molecule has 0 unspecified atom stereocenters. The van der Waals surface area contributed by atoms with Crippen molar-refractivity contribution in [3.05, 3.63) is 45.1 Å². The zero-order valence-corrected chi connectivity index (χ0v) is 16.8. The number of halogens is 2. The minimum atomic E-state index is -0.0549. The van der Waals surface area contributed by atoms with Crippen LogP contribution in [0.1, 0.15) is 34.5 Å². The van der Waals surface area contributed by atoms with Gasteiger partial charge in [0.2, 0.25) is 0 Å². The molecule has 28 heavy (non-hydrogen) atoms. The van der Waals surface area contributed by atoms with Crippen LogP contribution in [0.3, 0.4) is 0 Å². The first kappa shape index (κ1) is 19.3.